The molecule has 1 aliphatic heterocycles. The van der Waals surface area contributed by atoms with E-state index in [0.717, 1.165) is 54.5 Å². The number of hydrogen-bond acceptors (Lipinski definition) is 7. The summed E-state index contributed by atoms with van der Waals surface area (Å²) < 4.78 is 15.0. The van der Waals surface area contributed by atoms with Gasteiger partial charge in [0.05, 0.1) is 5.69 Å². The summed E-state index contributed by atoms with van der Waals surface area (Å²) in [6.07, 6.45) is 5.05. The monoisotopic (exact) mass is 368 g/mol. The molecule has 0 bridgehead atoms. The van der Waals surface area contributed by atoms with Gasteiger partial charge in [-0.3, -0.25) is 4.98 Å². The number of hydrogen-bond donors (Lipinski definition) is 1. The SMILES string of the molecule is Cc1cnc(-c2ccc(F)nc2)c(N2CCC(c3nnc(N)n3C)CC2)n1. The Bertz CT molecular complexity index is 944. The fourth-order valence-electron chi connectivity index (χ4n) is 3.46. The van der Waals surface area contributed by atoms with Gasteiger partial charge in [0.25, 0.3) is 0 Å². The molecule has 1 saturated heterocycles. The van der Waals surface area contributed by atoms with E-state index in [-0.39, 0.29) is 0 Å². The van der Waals surface area contributed by atoms with Crippen molar-refractivity contribution in [2.75, 3.05) is 23.7 Å². The van der Waals surface area contributed by atoms with Crippen LogP contribution in [-0.4, -0.2) is 42.8 Å². The molecule has 3 aromatic rings. The van der Waals surface area contributed by atoms with Crippen molar-refractivity contribution in [2.24, 2.45) is 7.05 Å². The van der Waals surface area contributed by atoms with Gasteiger partial charge in [0, 0.05) is 44.0 Å². The van der Waals surface area contributed by atoms with Gasteiger partial charge in [-0.25, -0.2) is 9.97 Å². The molecule has 2 N–H and O–H groups in total. The number of piperidine rings is 1. The van der Waals surface area contributed by atoms with E-state index in [2.05, 4.69) is 25.1 Å². The Labute approximate surface area is 156 Å². The van der Waals surface area contributed by atoms with Crippen molar-refractivity contribution < 1.29 is 4.39 Å². The average Bonchev–Trinajstić information content (AvgIpc) is 3.01. The van der Waals surface area contributed by atoms with E-state index < -0.39 is 5.95 Å². The standard InChI is InChI=1S/C18H21FN8/c1-11-9-22-15(13-3-4-14(19)21-10-13)17(23-11)27-7-5-12(6-8-27)16-24-25-18(20)26(16)2/h3-4,9-10,12H,5-8H2,1-2H3,(H2,20,25). The molecule has 140 valence electrons. The molecule has 9 heteroatoms. The molecule has 0 radical (unpaired) electrons. The summed E-state index contributed by atoms with van der Waals surface area (Å²) in [6.45, 7) is 3.55. The Morgan fingerprint density at radius 1 is 1.11 bits per heavy atom. The van der Waals surface area contributed by atoms with Gasteiger partial charge >= 0.3 is 0 Å². The highest BCUT2D eigenvalue weighted by Gasteiger charge is 2.27. The molecule has 0 amide bonds. The summed E-state index contributed by atoms with van der Waals surface area (Å²) in [5.41, 5.74) is 8.11. The maximum atomic E-state index is 13.2. The lowest BCUT2D eigenvalue weighted by Crippen LogP contribution is -2.35. The van der Waals surface area contributed by atoms with Crippen molar-refractivity contribution in [3.05, 3.63) is 42.0 Å². The molecule has 0 atom stereocenters. The van der Waals surface area contributed by atoms with Crippen LogP contribution in [0.25, 0.3) is 11.3 Å². The van der Waals surface area contributed by atoms with Gasteiger partial charge < -0.3 is 15.2 Å². The fraction of sp³-hybridized carbons (Fsp3) is 0.389. The first-order chi connectivity index (χ1) is 13.0. The molecule has 0 spiro atoms. The Morgan fingerprint density at radius 2 is 1.89 bits per heavy atom. The van der Waals surface area contributed by atoms with Crippen LogP contribution in [0.4, 0.5) is 16.2 Å². The normalized spacial score (nSPS) is 15.3. The summed E-state index contributed by atoms with van der Waals surface area (Å²) >= 11 is 0. The minimum absolute atomic E-state index is 0.310. The number of aryl methyl sites for hydroxylation is 1. The third kappa shape index (κ3) is 3.32. The van der Waals surface area contributed by atoms with Gasteiger partial charge in [-0.1, -0.05) is 0 Å². The molecule has 3 aromatic heterocycles. The Hall–Kier alpha value is -3.10. The number of pyridine rings is 1. The Balaban J connectivity index is 1.58. The van der Waals surface area contributed by atoms with Crippen molar-refractivity contribution in [1.29, 1.82) is 0 Å². The van der Waals surface area contributed by atoms with E-state index in [9.17, 15) is 4.39 Å². The predicted octanol–water partition coefficient (Wildman–Crippen LogP) is 2.08. The van der Waals surface area contributed by atoms with E-state index in [1.807, 2.05) is 18.5 Å². The van der Waals surface area contributed by atoms with Crippen molar-refractivity contribution in [3.8, 4) is 11.3 Å². The fourth-order valence-corrected chi connectivity index (χ4v) is 3.46. The number of aromatic nitrogens is 6. The smallest absolute Gasteiger partial charge is 0.221 e. The van der Waals surface area contributed by atoms with Crippen LogP contribution < -0.4 is 10.6 Å². The third-order valence-electron chi connectivity index (χ3n) is 4.98. The van der Waals surface area contributed by atoms with Crippen molar-refractivity contribution in [2.45, 2.75) is 25.7 Å². The largest absolute Gasteiger partial charge is 0.368 e. The van der Waals surface area contributed by atoms with Gasteiger partial charge in [0.15, 0.2) is 5.82 Å². The lowest BCUT2D eigenvalue weighted by atomic mass is 9.95. The van der Waals surface area contributed by atoms with Crippen LogP contribution in [0.1, 0.15) is 30.3 Å². The molecular weight excluding hydrogens is 347 g/mol. The number of nitrogens with two attached hydrogens (primary N) is 1. The third-order valence-corrected chi connectivity index (χ3v) is 4.98. The number of halogens is 1. The predicted molar refractivity (Wildman–Crippen MR) is 99.6 cm³/mol. The Kier molecular flexibility index (Phi) is 4.43. The number of rotatable bonds is 3. The summed E-state index contributed by atoms with van der Waals surface area (Å²) in [5, 5.41) is 8.18. The zero-order valence-corrected chi connectivity index (χ0v) is 15.3. The minimum Gasteiger partial charge on any atom is -0.368 e. The molecular formula is C18H21FN8. The van der Waals surface area contributed by atoms with Crippen LogP contribution in [0.3, 0.4) is 0 Å². The summed E-state index contributed by atoms with van der Waals surface area (Å²) in [4.78, 5) is 15.2. The highest BCUT2D eigenvalue weighted by Crippen LogP contribution is 2.33. The summed E-state index contributed by atoms with van der Waals surface area (Å²) in [5.74, 6) is 1.96. The first-order valence-electron chi connectivity index (χ1n) is 8.88. The van der Waals surface area contributed by atoms with E-state index in [4.69, 9.17) is 10.7 Å². The highest BCUT2D eigenvalue weighted by molar-refractivity contribution is 5.71. The average molecular weight is 368 g/mol. The number of nitrogens with zero attached hydrogens (tertiary/aromatic N) is 7. The second-order valence-corrected chi connectivity index (χ2v) is 6.79. The van der Waals surface area contributed by atoms with Gasteiger partial charge in [-0.15, -0.1) is 10.2 Å². The highest BCUT2D eigenvalue weighted by atomic mass is 19.1. The van der Waals surface area contributed by atoms with Crippen LogP contribution in [0.2, 0.25) is 0 Å². The van der Waals surface area contributed by atoms with Gasteiger partial charge in [0.2, 0.25) is 11.9 Å². The van der Waals surface area contributed by atoms with E-state index in [1.165, 1.54) is 12.3 Å². The molecule has 0 unspecified atom stereocenters. The lowest BCUT2D eigenvalue weighted by Gasteiger charge is -2.33. The van der Waals surface area contributed by atoms with Crippen LogP contribution in [0, 0.1) is 12.9 Å². The molecule has 4 heterocycles. The molecule has 0 aromatic carbocycles. The van der Waals surface area contributed by atoms with E-state index in [1.54, 1.807) is 12.3 Å². The topological polar surface area (TPSA) is 98.6 Å². The molecule has 0 saturated carbocycles. The van der Waals surface area contributed by atoms with Gasteiger partial charge in [-0.2, -0.15) is 4.39 Å². The molecule has 1 fully saturated rings. The van der Waals surface area contributed by atoms with Crippen molar-refractivity contribution >= 4 is 11.8 Å². The molecule has 1 aliphatic rings. The van der Waals surface area contributed by atoms with E-state index >= 15 is 0 Å². The number of nitrogen functional groups attached to an aromatic ring is 1. The second kappa shape index (κ2) is 6.90. The van der Waals surface area contributed by atoms with Crippen LogP contribution >= 0.6 is 0 Å². The van der Waals surface area contributed by atoms with Crippen LogP contribution in [-0.2, 0) is 7.05 Å². The van der Waals surface area contributed by atoms with Crippen molar-refractivity contribution in [3.63, 3.8) is 0 Å². The molecule has 27 heavy (non-hydrogen) atoms. The molecule has 0 aliphatic carbocycles. The molecule has 4 rings (SSSR count). The first-order valence-corrected chi connectivity index (χ1v) is 8.88. The minimum atomic E-state index is -0.510. The van der Waals surface area contributed by atoms with Crippen LogP contribution in [0.15, 0.2) is 24.5 Å². The van der Waals surface area contributed by atoms with Crippen LogP contribution in [0.5, 0.6) is 0 Å². The van der Waals surface area contributed by atoms with Crippen molar-refractivity contribution in [1.82, 2.24) is 29.7 Å². The summed E-state index contributed by atoms with van der Waals surface area (Å²) in [6, 6.07) is 3.02. The quantitative estimate of drug-likeness (QED) is 0.707. The van der Waals surface area contributed by atoms with E-state index in [0.29, 0.717) is 11.9 Å². The zero-order valence-electron chi connectivity index (χ0n) is 15.3. The zero-order chi connectivity index (χ0) is 19.0. The lowest BCUT2D eigenvalue weighted by molar-refractivity contribution is 0.472. The second-order valence-electron chi connectivity index (χ2n) is 6.79. The first kappa shape index (κ1) is 17.3. The van der Waals surface area contributed by atoms with Gasteiger partial charge in [0.1, 0.15) is 11.5 Å². The maximum Gasteiger partial charge on any atom is 0.221 e. The molecule has 8 nitrogen and oxygen atoms in total. The number of anilines is 2. The maximum absolute atomic E-state index is 13.2. The Morgan fingerprint density at radius 3 is 2.52 bits per heavy atom. The summed E-state index contributed by atoms with van der Waals surface area (Å²) in [7, 11) is 1.89. The van der Waals surface area contributed by atoms with Gasteiger partial charge in [-0.05, 0) is 31.9 Å².